The van der Waals surface area contributed by atoms with E-state index in [-0.39, 0.29) is 5.91 Å². The molecule has 0 bridgehead atoms. The van der Waals surface area contributed by atoms with Crippen LogP contribution < -0.4 is 10.2 Å². The lowest BCUT2D eigenvalue weighted by atomic mass is 10.2. The summed E-state index contributed by atoms with van der Waals surface area (Å²) in [5.41, 5.74) is 1.30. The Morgan fingerprint density at radius 2 is 2.14 bits per heavy atom. The maximum Gasteiger partial charge on any atom is 0.251 e. The normalized spacial score (nSPS) is 14.3. The Morgan fingerprint density at radius 3 is 2.90 bits per heavy atom. The highest BCUT2D eigenvalue weighted by molar-refractivity contribution is 7.98. The monoisotopic (exact) mass is 432 g/mol. The van der Waals surface area contributed by atoms with Crippen LogP contribution in [0, 0.1) is 0 Å². The number of hydrogen-bond acceptors (Lipinski definition) is 7. The van der Waals surface area contributed by atoms with Crippen molar-refractivity contribution in [3.63, 3.8) is 0 Å². The highest BCUT2D eigenvalue weighted by atomic mass is 35.5. The molecule has 1 aromatic carbocycles. The second-order valence-electron chi connectivity index (χ2n) is 6.50. The Balaban J connectivity index is 1.51. The number of nitrogens with zero attached hydrogens (tertiary/aromatic N) is 5. The van der Waals surface area contributed by atoms with E-state index in [0.29, 0.717) is 42.0 Å². The van der Waals surface area contributed by atoms with Crippen LogP contribution in [0.4, 0.5) is 5.82 Å². The molecule has 2 aromatic heterocycles. The van der Waals surface area contributed by atoms with E-state index in [1.807, 2.05) is 6.26 Å². The highest BCUT2D eigenvalue weighted by Crippen LogP contribution is 2.27. The number of hydrogen-bond donors (Lipinski definition) is 1. The van der Waals surface area contributed by atoms with Crippen LogP contribution in [0.15, 0.2) is 35.6 Å². The smallest absolute Gasteiger partial charge is 0.251 e. The summed E-state index contributed by atoms with van der Waals surface area (Å²) in [7, 11) is 0. The summed E-state index contributed by atoms with van der Waals surface area (Å²) in [6.07, 6.45) is 3.75. The van der Waals surface area contributed by atoms with Gasteiger partial charge in [0.15, 0.2) is 10.8 Å². The van der Waals surface area contributed by atoms with Gasteiger partial charge in [-0.2, -0.15) is 5.10 Å². The van der Waals surface area contributed by atoms with E-state index in [4.69, 9.17) is 21.3 Å². The van der Waals surface area contributed by atoms with Crippen molar-refractivity contribution in [2.45, 2.75) is 11.7 Å². The van der Waals surface area contributed by atoms with Gasteiger partial charge in [-0.25, -0.2) is 14.6 Å². The van der Waals surface area contributed by atoms with Gasteiger partial charge >= 0.3 is 0 Å². The maximum atomic E-state index is 12.3. The zero-order valence-corrected chi connectivity index (χ0v) is 17.5. The molecule has 0 unspecified atom stereocenters. The van der Waals surface area contributed by atoms with E-state index in [1.165, 1.54) is 11.8 Å². The average Bonchev–Trinajstić information content (AvgIpc) is 3.16. The first-order chi connectivity index (χ1) is 14.2. The third-order valence-corrected chi connectivity index (χ3v) is 5.43. The molecule has 0 aliphatic carbocycles. The first-order valence-corrected chi connectivity index (χ1v) is 10.9. The number of morpholine rings is 1. The number of thioether (sulfide) groups is 1. The van der Waals surface area contributed by atoms with Crippen molar-refractivity contribution in [2.75, 3.05) is 44.0 Å². The first-order valence-electron chi connectivity index (χ1n) is 9.29. The lowest BCUT2D eigenvalue weighted by molar-refractivity contribution is 0.0952. The fourth-order valence-corrected chi connectivity index (χ4v) is 3.75. The number of fused-ring (bicyclic) bond motifs is 1. The van der Waals surface area contributed by atoms with Crippen molar-refractivity contribution in [2.24, 2.45) is 0 Å². The topological polar surface area (TPSA) is 85.2 Å². The molecule has 3 heterocycles. The van der Waals surface area contributed by atoms with E-state index < -0.39 is 0 Å². The number of carbonyl (C=O) groups is 1. The molecule has 1 aliphatic rings. The molecule has 29 heavy (non-hydrogen) atoms. The Bertz CT molecular complexity index is 1020. The molecular weight excluding hydrogens is 412 g/mol. The number of aromatic nitrogens is 4. The molecule has 0 spiro atoms. The van der Waals surface area contributed by atoms with Gasteiger partial charge in [-0.05, 0) is 24.5 Å². The van der Waals surface area contributed by atoms with Crippen molar-refractivity contribution in [3.05, 3.63) is 41.0 Å². The Labute approximate surface area is 177 Å². The fraction of sp³-hybridized carbons (Fsp3) is 0.368. The summed E-state index contributed by atoms with van der Waals surface area (Å²) in [6, 6.07) is 6.87. The van der Waals surface area contributed by atoms with E-state index in [2.05, 4.69) is 20.3 Å². The van der Waals surface area contributed by atoms with Crippen LogP contribution in [0.5, 0.6) is 0 Å². The van der Waals surface area contributed by atoms with Gasteiger partial charge < -0.3 is 15.0 Å². The number of ether oxygens (including phenoxy) is 1. The standard InChI is InChI=1S/C19H21ClN6O2S/c1-29-19-23-16(25-7-9-28-10-8-25)15-12-22-26(17(15)24-19)6-5-21-18(27)13-3-2-4-14(20)11-13/h2-4,11-12H,5-10H2,1H3,(H,21,27). The van der Waals surface area contributed by atoms with Crippen LogP contribution in [-0.4, -0.2) is 64.8 Å². The van der Waals surface area contributed by atoms with Gasteiger partial charge in [-0.15, -0.1) is 0 Å². The summed E-state index contributed by atoms with van der Waals surface area (Å²) >= 11 is 7.45. The molecule has 0 atom stereocenters. The van der Waals surface area contributed by atoms with E-state index >= 15 is 0 Å². The SMILES string of the molecule is CSc1nc(N2CCOCC2)c2cnn(CCNC(=O)c3cccc(Cl)c3)c2n1. The number of anilines is 1. The molecule has 4 rings (SSSR count). The second kappa shape index (κ2) is 8.98. The Kier molecular flexibility index (Phi) is 6.17. The number of benzene rings is 1. The minimum Gasteiger partial charge on any atom is -0.378 e. The molecule has 1 saturated heterocycles. The minimum absolute atomic E-state index is 0.169. The zero-order chi connectivity index (χ0) is 20.2. The summed E-state index contributed by atoms with van der Waals surface area (Å²) in [5.74, 6) is 0.717. The summed E-state index contributed by atoms with van der Waals surface area (Å²) in [4.78, 5) is 23.9. The second-order valence-corrected chi connectivity index (χ2v) is 7.71. The van der Waals surface area contributed by atoms with Crippen LogP contribution in [0.25, 0.3) is 11.0 Å². The average molecular weight is 433 g/mol. The molecule has 152 valence electrons. The highest BCUT2D eigenvalue weighted by Gasteiger charge is 2.20. The minimum atomic E-state index is -0.169. The largest absolute Gasteiger partial charge is 0.378 e. The number of amides is 1. The first kappa shape index (κ1) is 19.9. The van der Waals surface area contributed by atoms with Gasteiger partial charge in [0.2, 0.25) is 0 Å². The molecule has 1 amide bonds. The fourth-order valence-electron chi connectivity index (χ4n) is 3.20. The Hall–Kier alpha value is -2.36. The van der Waals surface area contributed by atoms with Crippen molar-refractivity contribution < 1.29 is 9.53 Å². The number of rotatable bonds is 6. The van der Waals surface area contributed by atoms with Gasteiger partial charge in [0.1, 0.15) is 5.82 Å². The summed E-state index contributed by atoms with van der Waals surface area (Å²) in [6.45, 7) is 3.88. The van der Waals surface area contributed by atoms with E-state index in [0.717, 1.165) is 29.9 Å². The molecule has 1 fully saturated rings. The van der Waals surface area contributed by atoms with Gasteiger partial charge in [-0.3, -0.25) is 4.79 Å². The molecular formula is C19H21ClN6O2S. The van der Waals surface area contributed by atoms with Crippen molar-refractivity contribution >= 4 is 46.1 Å². The lowest BCUT2D eigenvalue weighted by Crippen LogP contribution is -2.37. The molecule has 3 aromatic rings. The van der Waals surface area contributed by atoms with Crippen molar-refractivity contribution in [1.82, 2.24) is 25.1 Å². The number of nitrogens with one attached hydrogen (secondary N) is 1. The third-order valence-electron chi connectivity index (χ3n) is 4.64. The molecule has 0 saturated carbocycles. The summed E-state index contributed by atoms with van der Waals surface area (Å²) in [5, 5.41) is 9.53. The number of carbonyl (C=O) groups excluding carboxylic acids is 1. The maximum absolute atomic E-state index is 12.3. The van der Waals surface area contributed by atoms with Crippen LogP contribution in [0.2, 0.25) is 5.02 Å². The van der Waals surface area contributed by atoms with E-state index in [9.17, 15) is 4.79 Å². The van der Waals surface area contributed by atoms with Gasteiger partial charge in [0, 0.05) is 30.2 Å². The van der Waals surface area contributed by atoms with Gasteiger partial charge in [-0.1, -0.05) is 29.4 Å². The lowest BCUT2D eigenvalue weighted by Gasteiger charge is -2.28. The predicted molar refractivity (Wildman–Crippen MR) is 114 cm³/mol. The quantitative estimate of drug-likeness (QED) is 0.473. The number of halogens is 1. The molecule has 1 N–H and O–H groups in total. The third kappa shape index (κ3) is 4.47. The van der Waals surface area contributed by atoms with Crippen molar-refractivity contribution in [3.8, 4) is 0 Å². The predicted octanol–water partition coefficient (Wildman–Crippen LogP) is 2.47. The molecule has 1 aliphatic heterocycles. The van der Waals surface area contributed by atoms with Crippen LogP contribution in [0.3, 0.4) is 0 Å². The zero-order valence-electron chi connectivity index (χ0n) is 16.0. The van der Waals surface area contributed by atoms with Crippen molar-refractivity contribution in [1.29, 1.82) is 0 Å². The van der Waals surface area contributed by atoms with Crippen LogP contribution in [-0.2, 0) is 11.3 Å². The van der Waals surface area contributed by atoms with Crippen LogP contribution >= 0.6 is 23.4 Å². The molecule has 0 radical (unpaired) electrons. The molecule has 10 heteroatoms. The van der Waals surface area contributed by atoms with Gasteiger partial charge in [0.25, 0.3) is 5.91 Å². The van der Waals surface area contributed by atoms with Gasteiger partial charge in [0.05, 0.1) is 31.3 Å². The van der Waals surface area contributed by atoms with Crippen LogP contribution in [0.1, 0.15) is 10.4 Å². The Morgan fingerprint density at radius 1 is 1.31 bits per heavy atom. The summed E-state index contributed by atoms with van der Waals surface area (Å²) < 4.78 is 7.26. The molecule has 8 nitrogen and oxygen atoms in total. The van der Waals surface area contributed by atoms with E-state index in [1.54, 1.807) is 35.1 Å².